The van der Waals surface area contributed by atoms with Crippen LogP contribution in [0.4, 0.5) is 24.9 Å². The van der Waals surface area contributed by atoms with Gasteiger partial charge >= 0.3 is 6.18 Å². The van der Waals surface area contributed by atoms with Gasteiger partial charge in [-0.3, -0.25) is 0 Å². The Morgan fingerprint density at radius 1 is 1.07 bits per heavy atom. The van der Waals surface area contributed by atoms with Crippen LogP contribution in [0.5, 0.6) is 0 Å². The summed E-state index contributed by atoms with van der Waals surface area (Å²) in [5.41, 5.74) is -0.855. The number of piperazine rings is 1. The van der Waals surface area contributed by atoms with Crippen LogP contribution in [0.2, 0.25) is 5.02 Å². The molecule has 5 heterocycles. The van der Waals surface area contributed by atoms with E-state index in [1.165, 1.54) is 16.8 Å². The van der Waals surface area contributed by atoms with Gasteiger partial charge in [-0.2, -0.15) is 13.2 Å². The second-order valence-electron chi connectivity index (χ2n) is 10.1. The molecule has 41 heavy (non-hydrogen) atoms. The van der Waals surface area contributed by atoms with Gasteiger partial charge in [0.1, 0.15) is 34.1 Å². The first-order valence-electron chi connectivity index (χ1n) is 13.3. The molecule has 222 valence electrons. The van der Waals surface area contributed by atoms with Crippen LogP contribution in [-0.2, 0) is 16.2 Å². The van der Waals surface area contributed by atoms with Gasteiger partial charge in [0.15, 0.2) is 0 Å². The fourth-order valence-corrected chi connectivity index (χ4v) is 6.27. The number of pyridine rings is 1. The highest BCUT2D eigenvalue weighted by molar-refractivity contribution is 7.88. The maximum Gasteiger partial charge on any atom is 0.420 e. The molecular formula is C25H31ClF3N9O2S. The number of anilines is 2. The highest BCUT2D eigenvalue weighted by atomic mass is 35.5. The van der Waals surface area contributed by atoms with Crippen LogP contribution in [0, 0.1) is 0 Å². The molecule has 0 spiro atoms. The molecule has 11 nitrogen and oxygen atoms in total. The van der Waals surface area contributed by atoms with Gasteiger partial charge in [0, 0.05) is 63.9 Å². The third-order valence-corrected chi connectivity index (χ3v) is 9.09. The highest BCUT2D eigenvalue weighted by Gasteiger charge is 2.36. The number of nitrogens with zero attached hydrogens (tertiary/aromatic N) is 8. The summed E-state index contributed by atoms with van der Waals surface area (Å²) in [5.74, 6) is 0.623. The molecule has 2 aliphatic rings. The van der Waals surface area contributed by atoms with Crippen molar-refractivity contribution in [2.24, 2.45) is 0 Å². The average molecular weight is 614 g/mol. The molecule has 0 saturated carbocycles. The number of alkyl halides is 3. The summed E-state index contributed by atoms with van der Waals surface area (Å²) in [7, 11) is -3.30. The average Bonchev–Trinajstić information content (AvgIpc) is 3.42. The lowest BCUT2D eigenvalue weighted by atomic mass is 10.1. The summed E-state index contributed by atoms with van der Waals surface area (Å²) in [6.07, 6.45) is 2.58. The first-order chi connectivity index (χ1) is 19.4. The Balaban J connectivity index is 1.40. The molecule has 0 radical (unpaired) electrons. The second-order valence-corrected chi connectivity index (χ2v) is 12.4. The smallest absolute Gasteiger partial charge is 0.353 e. The summed E-state index contributed by atoms with van der Waals surface area (Å²) >= 11 is 6.76. The van der Waals surface area contributed by atoms with E-state index in [1.54, 1.807) is 16.8 Å². The maximum absolute atomic E-state index is 13.9. The Morgan fingerprint density at radius 3 is 2.41 bits per heavy atom. The van der Waals surface area contributed by atoms with Crippen molar-refractivity contribution in [1.29, 1.82) is 0 Å². The quantitative estimate of drug-likeness (QED) is 0.429. The van der Waals surface area contributed by atoms with E-state index in [-0.39, 0.29) is 23.4 Å². The highest BCUT2D eigenvalue weighted by Crippen LogP contribution is 2.37. The van der Waals surface area contributed by atoms with Crippen LogP contribution in [0.1, 0.15) is 25.3 Å². The van der Waals surface area contributed by atoms with Gasteiger partial charge in [-0.05, 0) is 25.5 Å². The predicted octanol–water partition coefficient (Wildman–Crippen LogP) is 3.37. The molecule has 5 rings (SSSR count). The van der Waals surface area contributed by atoms with Crippen molar-refractivity contribution in [2.75, 3.05) is 62.3 Å². The minimum absolute atomic E-state index is 0.000611. The molecule has 0 unspecified atom stereocenters. The van der Waals surface area contributed by atoms with Gasteiger partial charge in [0.2, 0.25) is 16.0 Å². The third-order valence-electron chi connectivity index (χ3n) is 7.42. The summed E-state index contributed by atoms with van der Waals surface area (Å²) < 4.78 is 68.3. The molecule has 1 N–H and O–H groups in total. The van der Waals surface area contributed by atoms with Crippen LogP contribution < -0.4 is 10.2 Å². The monoisotopic (exact) mass is 613 g/mol. The van der Waals surface area contributed by atoms with E-state index in [0.29, 0.717) is 42.5 Å². The van der Waals surface area contributed by atoms with Gasteiger partial charge in [0.05, 0.1) is 11.9 Å². The van der Waals surface area contributed by atoms with Crippen LogP contribution >= 0.6 is 11.6 Å². The van der Waals surface area contributed by atoms with Gasteiger partial charge in [-0.25, -0.2) is 32.7 Å². The molecule has 3 aromatic rings. The van der Waals surface area contributed by atoms with Gasteiger partial charge in [0.25, 0.3) is 0 Å². The zero-order chi connectivity index (χ0) is 29.4. The zero-order valence-electron chi connectivity index (χ0n) is 22.6. The minimum Gasteiger partial charge on any atom is -0.353 e. The maximum atomic E-state index is 13.9. The standard InChI is InChI=1S/C25H31ClF3N9O2S/c1-3-35-10-12-36(13-11-35)23-21(26)20(4-7-30-23)37-15-19(32-16-37)22-18(25(27,28)29)14-31-24(34-22)33-17-5-8-38(9-6-17)41(2,39)40/h4,7,14-17H,3,5-6,8-13H2,1-2H3,(H,31,33,34). The molecule has 0 amide bonds. The summed E-state index contributed by atoms with van der Waals surface area (Å²) in [6, 6.07) is 1.49. The molecular weight excluding hydrogens is 583 g/mol. The number of hydrogen-bond donors (Lipinski definition) is 1. The number of hydrogen-bond acceptors (Lipinski definition) is 9. The Morgan fingerprint density at radius 2 is 1.78 bits per heavy atom. The number of halogens is 4. The largest absolute Gasteiger partial charge is 0.420 e. The van der Waals surface area contributed by atoms with Gasteiger partial charge < -0.3 is 19.7 Å². The van der Waals surface area contributed by atoms with Crippen molar-refractivity contribution >= 4 is 33.4 Å². The first kappa shape index (κ1) is 29.5. The number of imidazole rings is 1. The Hall–Kier alpha value is -3.01. The van der Waals surface area contributed by atoms with Crippen molar-refractivity contribution in [1.82, 2.24) is 33.7 Å². The SMILES string of the molecule is CCN1CCN(c2nccc(-n3cnc(-c4nc(NC5CCN(S(C)(=O)=O)CC5)ncc4C(F)(F)F)c3)c2Cl)CC1. The Kier molecular flexibility index (Phi) is 8.41. The number of sulfonamides is 1. The normalized spacial score (nSPS) is 18.1. The number of piperidine rings is 1. The summed E-state index contributed by atoms with van der Waals surface area (Å²) in [5, 5.41) is 3.43. The van der Waals surface area contributed by atoms with Crippen molar-refractivity contribution in [3.05, 3.63) is 41.6 Å². The molecule has 0 aliphatic carbocycles. The summed E-state index contributed by atoms with van der Waals surface area (Å²) in [4.78, 5) is 21.2. The van der Waals surface area contributed by atoms with Crippen molar-refractivity contribution < 1.29 is 21.6 Å². The summed E-state index contributed by atoms with van der Waals surface area (Å²) in [6.45, 7) is 6.98. The topological polar surface area (TPSA) is 112 Å². The van der Waals surface area contributed by atoms with Crippen LogP contribution in [0.25, 0.3) is 17.1 Å². The fourth-order valence-electron chi connectivity index (χ4n) is 5.06. The van der Waals surface area contributed by atoms with Gasteiger partial charge in [-0.15, -0.1) is 0 Å². The molecule has 2 fully saturated rings. The second kappa shape index (κ2) is 11.7. The molecule has 0 bridgehead atoms. The Bertz CT molecular complexity index is 1490. The zero-order valence-corrected chi connectivity index (χ0v) is 24.2. The molecule has 16 heteroatoms. The lowest BCUT2D eigenvalue weighted by Crippen LogP contribution is -2.46. The molecule has 2 saturated heterocycles. The lowest BCUT2D eigenvalue weighted by molar-refractivity contribution is -0.137. The van der Waals surface area contributed by atoms with Crippen LogP contribution in [-0.4, -0.2) is 100 Å². The number of rotatable bonds is 7. The lowest BCUT2D eigenvalue weighted by Gasteiger charge is -2.35. The van der Waals surface area contributed by atoms with Crippen molar-refractivity contribution in [3.8, 4) is 17.1 Å². The molecule has 0 atom stereocenters. The van der Waals surface area contributed by atoms with E-state index in [1.807, 2.05) is 0 Å². The molecule has 3 aromatic heterocycles. The molecule has 0 aromatic carbocycles. The fraction of sp³-hybridized carbons (Fsp3) is 0.520. The first-order valence-corrected chi connectivity index (χ1v) is 15.5. The predicted molar refractivity (Wildman–Crippen MR) is 150 cm³/mol. The Labute approximate surface area is 241 Å². The third kappa shape index (κ3) is 6.58. The number of likely N-dealkylation sites (N-methyl/N-ethyl adjacent to an activating group) is 1. The minimum atomic E-state index is -4.71. The van der Waals surface area contributed by atoms with E-state index >= 15 is 0 Å². The van der Waals surface area contributed by atoms with E-state index < -0.39 is 21.8 Å². The van der Waals surface area contributed by atoms with Crippen LogP contribution in [0.15, 0.2) is 31.0 Å². The van der Waals surface area contributed by atoms with Gasteiger partial charge in [-0.1, -0.05) is 18.5 Å². The van der Waals surface area contributed by atoms with Crippen LogP contribution in [0.3, 0.4) is 0 Å². The van der Waals surface area contributed by atoms with E-state index in [4.69, 9.17) is 11.6 Å². The van der Waals surface area contributed by atoms with E-state index in [2.05, 4.69) is 42.0 Å². The molecule has 2 aliphatic heterocycles. The number of nitrogens with one attached hydrogen (secondary N) is 1. The van der Waals surface area contributed by atoms with E-state index in [0.717, 1.165) is 45.2 Å². The van der Waals surface area contributed by atoms with E-state index in [9.17, 15) is 21.6 Å². The van der Waals surface area contributed by atoms with Crippen molar-refractivity contribution in [2.45, 2.75) is 32.0 Å². The number of aromatic nitrogens is 5. The van der Waals surface area contributed by atoms with Crippen molar-refractivity contribution in [3.63, 3.8) is 0 Å².